The third kappa shape index (κ3) is 4.80. The molecule has 1 aromatic rings. The first-order valence-electron chi connectivity index (χ1n) is 5.08. The Hall–Kier alpha value is -0.980. The summed E-state index contributed by atoms with van der Waals surface area (Å²) >= 11 is 7.00. The molecule has 0 radical (unpaired) electrons. The summed E-state index contributed by atoms with van der Waals surface area (Å²) in [7, 11) is 0. The van der Waals surface area contributed by atoms with Crippen molar-refractivity contribution in [3.8, 4) is 11.8 Å². The Morgan fingerprint density at radius 1 is 1.53 bits per heavy atom. The quantitative estimate of drug-likeness (QED) is 0.600. The van der Waals surface area contributed by atoms with Crippen LogP contribution < -0.4 is 0 Å². The molecule has 1 rings (SSSR count). The Balaban J connectivity index is 2.66. The van der Waals surface area contributed by atoms with Crippen LogP contribution in [0.3, 0.4) is 0 Å². The molecule has 1 aromatic carbocycles. The van der Waals surface area contributed by atoms with Gasteiger partial charge in [0.15, 0.2) is 5.12 Å². The highest BCUT2D eigenvalue weighted by Gasteiger charge is 2.03. The number of carbonyl (C=O) groups is 1. The van der Waals surface area contributed by atoms with E-state index in [1.54, 1.807) is 13.0 Å². The highest BCUT2D eigenvalue weighted by molar-refractivity contribution is 8.13. The predicted molar refractivity (Wildman–Crippen MR) is 70.8 cm³/mol. The van der Waals surface area contributed by atoms with E-state index < -0.39 is 5.82 Å². The van der Waals surface area contributed by atoms with E-state index in [1.807, 2.05) is 0 Å². The van der Waals surface area contributed by atoms with E-state index in [-0.39, 0.29) is 5.12 Å². The maximum absolute atomic E-state index is 13.4. The Kier molecular flexibility index (Phi) is 5.54. The van der Waals surface area contributed by atoms with Crippen LogP contribution in [-0.4, -0.2) is 10.9 Å². The number of hydrogen-bond donors (Lipinski definition) is 0. The van der Waals surface area contributed by atoms with Crippen LogP contribution in [0.25, 0.3) is 0 Å². The molecule has 0 aromatic heterocycles. The van der Waals surface area contributed by atoms with Crippen molar-refractivity contribution in [3.05, 3.63) is 34.1 Å². The van der Waals surface area contributed by atoms with E-state index in [1.165, 1.54) is 24.8 Å². The van der Waals surface area contributed by atoms with Gasteiger partial charge in [-0.05, 0) is 24.6 Å². The van der Waals surface area contributed by atoms with Gasteiger partial charge in [-0.2, -0.15) is 0 Å². The lowest BCUT2D eigenvalue weighted by atomic mass is 10.1. The third-order valence-corrected chi connectivity index (χ3v) is 3.23. The van der Waals surface area contributed by atoms with Crippen molar-refractivity contribution < 1.29 is 9.18 Å². The van der Waals surface area contributed by atoms with Crippen LogP contribution in [0.15, 0.2) is 12.1 Å². The first-order chi connectivity index (χ1) is 8.00. The van der Waals surface area contributed by atoms with E-state index in [9.17, 15) is 9.18 Å². The summed E-state index contributed by atoms with van der Waals surface area (Å²) in [5, 5.41) is 0.473. The maximum atomic E-state index is 13.4. The topological polar surface area (TPSA) is 17.1 Å². The lowest BCUT2D eigenvalue weighted by Crippen LogP contribution is -1.87. The van der Waals surface area contributed by atoms with Crippen LogP contribution in [0.1, 0.15) is 24.5 Å². The van der Waals surface area contributed by atoms with E-state index in [2.05, 4.69) is 11.8 Å². The summed E-state index contributed by atoms with van der Waals surface area (Å²) in [5.74, 6) is 5.81. The molecule has 90 valence electrons. The molecule has 0 spiro atoms. The fraction of sp³-hybridized carbons (Fsp3) is 0.308. The molecule has 0 amide bonds. The lowest BCUT2D eigenvalue weighted by molar-refractivity contribution is -0.109. The number of hydrogen-bond acceptors (Lipinski definition) is 2. The fourth-order valence-corrected chi connectivity index (χ4v) is 1.80. The van der Waals surface area contributed by atoms with Gasteiger partial charge >= 0.3 is 0 Å². The summed E-state index contributed by atoms with van der Waals surface area (Å²) < 4.78 is 13.4. The molecule has 0 bridgehead atoms. The molecule has 17 heavy (non-hydrogen) atoms. The molecule has 0 fully saturated rings. The van der Waals surface area contributed by atoms with Crippen molar-refractivity contribution >= 4 is 28.5 Å². The van der Waals surface area contributed by atoms with Gasteiger partial charge in [-0.1, -0.05) is 35.2 Å². The smallest absolute Gasteiger partial charge is 0.185 e. The molecule has 0 unspecified atom stereocenters. The highest BCUT2D eigenvalue weighted by atomic mass is 35.5. The second-order valence-corrected chi connectivity index (χ2v) is 5.15. The van der Waals surface area contributed by atoms with Crippen LogP contribution >= 0.6 is 23.4 Å². The zero-order valence-corrected chi connectivity index (χ0v) is 11.2. The van der Waals surface area contributed by atoms with Gasteiger partial charge in [-0.15, -0.1) is 0 Å². The molecule has 0 saturated carbocycles. The molecule has 0 aliphatic rings. The minimum absolute atomic E-state index is 0.0697. The summed E-state index contributed by atoms with van der Waals surface area (Å²) in [6, 6.07) is 2.90. The molecule has 0 saturated heterocycles. The number of aryl methyl sites for hydroxylation is 1. The van der Waals surface area contributed by atoms with Crippen LogP contribution in [-0.2, 0) is 4.79 Å². The highest BCUT2D eigenvalue weighted by Crippen LogP contribution is 2.19. The van der Waals surface area contributed by atoms with Gasteiger partial charge in [0, 0.05) is 24.1 Å². The maximum Gasteiger partial charge on any atom is 0.185 e. The Bertz CT molecular complexity index is 488. The minimum Gasteiger partial charge on any atom is -0.288 e. The third-order valence-electron chi connectivity index (χ3n) is 2.00. The SMILES string of the molecule is CC(=O)SCCC#Cc1cc(C)c(Cl)cc1F. The van der Waals surface area contributed by atoms with Gasteiger partial charge in [0.2, 0.25) is 0 Å². The number of halogens is 2. The second kappa shape index (κ2) is 6.68. The fourth-order valence-electron chi connectivity index (χ4n) is 1.16. The molecular formula is C13H12ClFOS. The largest absolute Gasteiger partial charge is 0.288 e. The predicted octanol–water partition coefficient (Wildman–Crippen LogP) is 3.81. The normalized spacial score (nSPS) is 9.65. The first kappa shape index (κ1) is 14.1. The van der Waals surface area contributed by atoms with Crippen molar-refractivity contribution in [2.75, 3.05) is 5.75 Å². The minimum atomic E-state index is -0.410. The van der Waals surface area contributed by atoms with Crippen LogP contribution in [0, 0.1) is 24.6 Å². The van der Waals surface area contributed by atoms with Crippen molar-refractivity contribution in [1.29, 1.82) is 0 Å². The summed E-state index contributed by atoms with van der Waals surface area (Å²) in [6.45, 7) is 3.32. The molecule has 0 atom stereocenters. The average molecular weight is 271 g/mol. The van der Waals surface area contributed by atoms with Crippen molar-refractivity contribution in [3.63, 3.8) is 0 Å². The van der Waals surface area contributed by atoms with Crippen LogP contribution in [0.5, 0.6) is 0 Å². The standard InChI is InChI=1S/C13H12ClFOS/c1-9-7-11(13(15)8-12(9)14)5-3-4-6-17-10(2)16/h7-8H,4,6H2,1-2H3. The van der Waals surface area contributed by atoms with Gasteiger partial charge in [0.05, 0.1) is 5.56 Å². The van der Waals surface area contributed by atoms with E-state index in [4.69, 9.17) is 11.6 Å². The second-order valence-electron chi connectivity index (χ2n) is 3.47. The van der Waals surface area contributed by atoms with E-state index in [0.717, 1.165) is 5.56 Å². The number of carbonyl (C=O) groups excluding carboxylic acids is 1. The molecular weight excluding hydrogens is 259 g/mol. The molecule has 0 heterocycles. The van der Waals surface area contributed by atoms with Crippen molar-refractivity contribution in [2.45, 2.75) is 20.3 Å². The van der Waals surface area contributed by atoms with Crippen LogP contribution in [0.4, 0.5) is 4.39 Å². The molecule has 0 N–H and O–H groups in total. The zero-order chi connectivity index (χ0) is 12.8. The molecule has 1 nitrogen and oxygen atoms in total. The Morgan fingerprint density at radius 3 is 2.88 bits per heavy atom. The van der Waals surface area contributed by atoms with E-state index >= 15 is 0 Å². The van der Waals surface area contributed by atoms with Gasteiger partial charge in [0.1, 0.15) is 5.82 Å². The van der Waals surface area contributed by atoms with Gasteiger partial charge in [0.25, 0.3) is 0 Å². The summed E-state index contributed by atoms with van der Waals surface area (Å²) in [6.07, 6.45) is 0.561. The number of thioether (sulfide) groups is 1. The Morgan fingerprint density at radius 2 is 2.24 bits per heavy atom. The van der Waals surface area contributed by atoms with E-state index in [0.29, 0.717) is 22.8 Å². The van der Waals surface area contributed by atoms with Gasteiger partial charge in [-0.25, -0.2) is 4.39 Å². The molecule has 4 heteroatoms. The number of rotatable bonds is 2. The Labute approximate surface area is 110 Å². The summed E-state index contributed by atoms with van der Waals surface area (Å²) in [4.78, 5) is 10.7. The van der Waals surface area contributed by atoms with Crippen LogP contribution in [0.2, 0.25) is 5.02 Å². The van der Waals surface area contributed by atoms with Crippen molar-refractivity contribution in [1.82, 2.24) is 0 Å². The van der Waals surface area contributed by atoms with Gasteiger partial charge in [-0.3, -0.25) is 4.79 Å². The average Bonchev–Trinajstić information content (AvgIpc) is 2.24. The lowest BCUT2D eigenvalue weighted by Gasteiger charge is -1.99. The first-order valence-corrected chi connectivity index (χ1v) is 6.45. The number of benzene rings is 1. The monoisotopic (exact) mass is 270 g/mol. The van der Waals surface area contributed by atoms with Gasteiger partial charge < -0.3 is 0 Å². The summed E-state index contributed by atoms with van der Waals surface area (Å²) in [5.41, 5.74) is 1.15. The van der Waals surface area contributed by atoms with Crippen molar-refractivity contribution in [2.24, 2.45) is 0 Å². The molecule has 0 aliphatic heterocycles. The zero-order valence-electron chi connectivity index (χ0n) is 9.64. The molecule has 0 aliphatic carbocycles.